The Morgan fingerprint density at radius 1 is 1.18 bits per heavy atom. The molecule has 1 heterocycles. The molecule has 1 aromatic heterocycles. The molecule has 2 aromatic rings. The van der Waals surface area contributed by atoms with Crippen LogP contribution < -0.4 is 0 Å². The summed E-state index contributed by atoms with van der Waals surface area (Å²) in [5.41, 5.74) is 0.952. The molecule has 0 radical (unpaired) electrons. The number of carbonyl (C=O) groups is 1. The van der Waals surface area contributed by atoms with Crippen LogP contribution in [0.15, 0.2) is 42.5 Å². The zero-order valence-corrected chi connectivity index (χ0v) is 10.3. The molecule has 0 amide bonds. The van der Waals surface area contributed by atoms with Crippen LogP contribution in [0.3, 0.4) is 0 Å². The summed E-state index contributed by atoms with van der Waals surface area (Å²) in [7, 11) is 0. The fourth-order valence-corrected chi connectivity index (χ4v) is 2.44. The number of aliphatic carboxylic acids is 1. The Balaban J connectivity index is 2.43. The summed E-state index contributed by atoms with van der Waals surface area (Å²) in [6, 6.07) is 12.6. The lowest BCUT2D eigenvalue weighted by atomic mass is 10.1. The summed E-state index contributed by atoms with van der Waals surface area (Å²) in [6.45, 7) is 0. The molecule has 0 unspecified atom stereocenters. The first-order chi connectivity index (χ1) is 8.16. The molecule has 0 bridgehead atoms. The van der Waals surface area contributed by atoms with Gasteiger partial charge in [0.15, 0.2) is 0 Å². The van der Waals surface area contributed by atoms with Gasteiger partial charge < -0.3 is 5.11 Å². The molecule has 0 fully saturated rings. The number of benzene rings is 1. The van der Waals surface area contributed by atoms with Crippen LogP contribution in [-0.2, 0) is 4.79 Å². The van der Waals surface area contributed by atoms with Crippen molar-refractivity contribution in [3.63, 3.8) is 0 Å². The topological polar surface area (TPSA) is 37.3 Å². The monoisotopic (exact) mass is 264 g/mol. The van der Waals surface area contributed by atoms with Gasteiger partial charge in [-0.15, -0.1) is 11.3 Å². The summed E-state index contributed by atoms with van der Waals surface area (Å²) in [6.07, 6.45) is 1.63. The molecule has 0 saturated heterocycles. The molecule has 17 heavy (non-hydrogen) atoms. The Kier molecular flexibility index (Phi) is 3.61. The number of thiophene rings is 1. The van der Waals surface area contributed by atoms with Crippen molar-refractivity contribution >= 4 is 40.6 Å². The Morgan fingerprint density at radius 3 is 2.41 bits per heavy atom. The minimum atomic E-state index is -0.944. The van der Waals surface area contributed by atoms with Crippen molar-refractivity contribution in [2.75, 3.05) is 0 Å². The Morgan fingerprint density at radius 2 is 1.88 bits per heavy atom. The maximum Gasteiger partial charge on any atom is 0.336 e. The lowest BCUT2D eigenvalue weighted by Gasteiger charge is -2.01. The van der Waals surface area contributed by atoms with Gasteiger partial charge in [0, 0.05) is 4.88 Å². The molecule has 0 aliphatic heterocycles. The van der Waals surface area contributed by atoms with Gasteiger partial charge in [0.1, 0.15) is 0 Å². The summed E-state index contributed by atoms with van der Waals surface area (Å²) < 4.78 is 0.647. The van der Waals surface area contributed by atoms with Crippen LogP contribution in [0.4, 0.5) is 0 Å². The molecule has 0 aliphatic carbocycles. The van der Waals surface area contributed by atoms with E-state index >= 15 is 0 Å². The average Bonchev–Trinajstić information content (AvgIpc) is 2.73. The van der Waals surface area contributed by atoms with Gasteiger partial charge in [0.05, 0.1) is 9.91 Å². The summed E-state index contributed by atoms with van der Waals surface area (Å²) in [5, 5.41) is 9.20. The first-order valence-corrected chi connectivity index (χ1v) is 6.12. The van der Waals surface area contributed by atoms with Crippen molar-refractivity contribution in [3.05, 3.63) is 57.2 Å². The number of carboxylic acids is 1. The number of hydrogen-bond donors (Lipinski definition) is 1. The summed E-state index contributed by atoms with van der Waals surface area (Å²) >= 11 is 7.17. The Bertz CT molecular complexity index is 558. The predicted molar refractivity (Wildman–Crippen MR) is 71.3 cm³/mol. The van der Waals surface area contributed by atoms with Crippen molar-refractivity contribution in [1.29, 1.82) is 0 Å². The SMILES string of the molecule is O=C(O)/C(=C\c1ccc(Cl)s1)c1ccccc1. The molecule has 4 heteroatoms. The minimum Gasteiger partial charge on any atom is -0.478 e. The van der Waals surface area contributed by atoms with Gasteiger partial charge in [0.2, 0.25) is 0 Å². The highest BCUT2D eigenvalue weighted by molar-refractivity contribution is 7.17. The number of hydrogen-bond acceptors (Lipinski definition) is 2. The minimum absolute atomic E-state index is 0.268. The zero-order chi connectivity index (χ0) is 12.3. The van der Waals surface area contributed by atoms with E-state index in [2.05, 4.69) is 0 Å². The second kappa shape index (κ2) is 5.17. The van der Waals surface area contributed by atoms with E-state index in [1.54, 1.807) is 30.3 Å². The van der Waals surface area contributed by atoms with Gasteiger partial charge in [-0.2, -0.15) is 0 Å². The molecule has 2 rings (SSSR count). The van der Waals surface area contributed by atoms with E-state index in [0.29, 0.717) is 9.90 Å². The van der Waals surface area contributed by atoms with Crippen molar-refractivity contribution in [1.82, 2.24) is 0 Å². The smallest absolute Gasteiger partial charge is 0.336 e. The lowest BCUT2D eigenvalue weighted by molar-refractivity contribution is -0.130. The molecule has 0 atom stereocenters. The van der Waals surface area contributed by atoms with Crippen LogP contribution >= 0.6 is 22.9 Å². The molecule has 0 aliphatic rings. The highest BCUT2D eigenvalue weighted by Gasteiger charge is 2.10. The molecule has 2 nitrogen and oxygen atoms in total. The molecule has 1 aromatic carbocycles. The van der Waals surface area contributed by atoms with E-state index in [-0.39, 0.29) is 5.57 Å². The second-order valence-corrected chi connectivity index (χ2v) is 5.12. The fraction of sp³-hybridized carbons (Fsp3) is 0. The third kappa shape index (κ3) is 2.96. The lowest BCUT2D eigenvalue weighted by Crippen LogP contribution is -1.98. The number of carboxylic acid groups (broad SMARTS) is 1. The Labute approximate surface area is 108 Å². The van der Waals surface area contributed by atoms with Crippen LogP contribution in [0.5, 0.6) is 0 Å². The molecular formula is C13H9ClO2S. The van der Waals surface area contributed by atoms with Crippen molar-refractivity contribution < 1.29 is 9.90 Å². The zero-order valence-electron chi connectivity index (χ0n) is 8.76. The van der Waals surface area contributed by atoms with E-state index in [4.69, 9.17) is 11.6 Å². The largest absolute Gasteiger partial charge is 0.478 e. The maximum atomic E-state index is 11.2. The first kappa shape index (κ1) is 11.9. The molecular weight excluding hydrogens is 256 g/mol. The predicted octanol–water partition coefficient (Wildman–Crippen LogP) is 4.03. The second-order valence-electron chi connectivity index (χ2n) is 3.37. The summed E-state index contributed by atoms with van der Waals surface area (Å²) in [5.74, 6) is -0.944. The highest BCUT2D eigenvalue weighted by Crippen LogP contribution is 2.26. The third-order valence-corrected chi connectivity index (χ3v) is 3.37. The van der Waals surface area contributed by atoms with Gasteiger partial charge in [-0.05, 0) is 23.8 Å². The Hall–Kier alpha value is -1.58. The van der Waals surface area contributed by atoms with Crippen LogP contribution in [0, 0.1) is 0 Å². The first-order valence-electron chi connectivity index (χ1n) is 4.92. The van der Waals surface area contributed by atoms with Gasteiger partial charge in [0.25, 0.3) is 0 Å². The fourth-order valence-electron chi connectivity index (χ4n) is 1.43. The van der Waals surface area contributed by atoms with Crippen LogP contribution in [0.25, 0.3) is 11.6 Å². The van der Waals surface area contributed by atoms with Crippen molar-refractivity contribution in [2.45, 2.75) is 0 Å². The normalized spacial score (nSPS) is 11.5. The average molecular weight is 265 g/mol. The molecule has 1 N–H and O–H groups in total. The summed E-state index contributed by atoms with van der Waals surface area (Å²) in [4.78, 5) is 12.0. The van der Waals surface area contributed by atoms with Gasteiger partial charge in [-0.3, -0.25) is 0 Å². The maximum absolute atomic E-state index is 11.2. The van der Waals surface area contributed by atoms with Gasteiger partial charge in [-0.1, -0.05) is 41.9 Å². The highest BCUT2D eigenvalue weighted by atomic mass is 35.5. The number of rotatable bonds is 3. The van der Waals surface area contributed by atoms with E-state index in [0.717, 1.165) is 4.88 Å². The van der Waals surface area contributed by atoms with Crippen molar-refractivity contribution in [2.24, 2.45) is 0 Å². The van der Waals surface area contributed by atoms with Crippen LogP contribution in [0.2, 0.25) is 4.34 Å². The van der Waals surface area contributed by atoms with E-state index in [1.807, 2.05) is 18.2 Å². The van der Waals surface area contributed by atoms with Crippen LogP contribution in [0.1, 0.15) is 10.4 Å². The van der Waals surface area contributed by atoms with E-state index in [9.17, 15) is 9.90 Å². The van der Waals surface area contributed by atoms with Gasteiger partial charge in [-0.25, -0.2) is 4.79 Å². The van der Waals surface area contributed by atoms with Crippen LogP contribution in [-0.4, -0.2) is 11.1 Å². The molecule has 0 spiro atoms. The quantitative estimate of drug-likeness (QED) is 0.850. The standard InChI is InChI=1S/C13H9ClO2S/c14-12-7-6-10(17-12)8-11(13(15)16)9-4-2-1-3-5-9/h1-8H,(H,15,16)/b11-8-. The molecule has 0 saturated carbocycles. The van der Waals surface area contributed by atoms with E-state index < -0.39 is 5.97 Å². The van der Waals surface area contributed by atoms with E-state index in [1.165, 1.54) is 11.3 Å². The third-order valence-electron chi connectivity index (χ3n) is 2.20. The molecule has 86 valence electrons. The van der Waals surface area contributed by atoms with Gasteiger partial charge >= 0.3 is 5.97 Å². The number of halogens is 1. The van der Waals surface area contributed by atoms with Crippen molar-refractivity contribution in [3.8, 4) is 0 Å².